The second kappa shape index (κ2) is 5.54. The minimum atomic E-state index is -0.440. The molecule has 22 heavy (non-hydrogen) atoms. The van der Waals surface area contributed by atoms with Crippen LogP contribution in [0.25, 0.3) is 0 Å². The Labute approximate surface area is 133 Å². The number of nitrogens with zero attached hydrogens (tertiary/aromatic N) is 1. The third-order valence-electron chi connectivity index (χ3n) is 4.58. The summed E-state index contributed by atoms with van der Waals surface area (Å²) in [5.74, 6) is 0.193. The highest BCUT2D eigenvalue weighted by Crippen LogP contribution is 2.43. The molecule has 3 rings (SSSR count). The van der Waals surface area contributed by atoms with Crippen molar-refractivity contribution in [3.05, 3.63) is 48.0 Å². The fraction of sp³-hybridized carbons (Fsp3) is 0.526. The Morgan fingerprint density at radius 2 is 1.91 bits per heavy atom. The van der Waals surface area contributed by atoms with Gasteiger partial charge in [-0.2, -0.15) is 0 Å². The van der Waals surface area contributed by atoms with Crippen LogP contribution in [-0.2, 0) is 9.53 Å². The summed E-state index contributed by atoms with van der Waals surface area (Å²) in [7, 11) is 0. The number of fused-ring (bicyclic) bond motifs is 2. The van der Waals surface area contributed by atoms with E-state index in [0.717, 1.165) is 6.42 Å². The summed E-state index contributed by atoms with van der Waals surface area (Å²) in [5.41, 5.74) is 0.807. The van der Waals surface area contributed by atoms with Crippen LogP contribution in [0.2, 0.25) is 0 Å². The topological polar surface area (TPSA) is 29.5 Å². The molecular weight excluding hydrogens is 274 g/mol. The number of esters is 1. The smallest absolute Gasteiger partial charge is 0.324 e. The monoisotopic (exact) mass is 299 g/mol. The van der Waals surface area contributed by atoms with Crippen LogP contribution in [0.4, 0.5) is 0 Å². The number of rotatable bonds is 3. The van der Waals surface area contributed by atoms with Crippen molar-refractivity contribution in [3.8, 4) is 0 Å². The summed E-state index contributed by atoms with van der Waals surface area (Å²) in [4.78, 5) is 15.0. The van der Waals surface area contributed by atoms with Crippen molar-refractivity contribution in [2.24, 2.45) is 5.92 Å². The minimum absolute atomic E-state index is 0.0906. The van der Waals surface area contributed by atoms with Crippen molar-refractivity contribution in [3.63, 3.8) is 0 Å². The summed E-state index contributed by atoms with van der Waals surface area (Å²) in [5, 5.41) is 0. The van der Waals surface area contributed by atoms with E-state index in [1.165, 1.54) is 5.56 Å². The van der Waals surface area contributed by atoms with Crippen molar-refractivity contribution in [1.29, 1.82) is 0 Å². The maximum atomic E-state index is 12.7. The Balaban J connectivity index is 1.85. The highest BCUT2D eigenvalue weighted by molar-refractivity contribution is 5.78. The molecule has 1 aromatic carbocycles. The van der Waals surface area contributed by atoms with Gasteiger partial charge in [0.05, 0.1) is 0 Å². The van der Waals surface area contributed by atoms with Gasteiger partial charge in [-0.05, 0) is 39.7 Å². The van der Waals surface area contributed by atoms with E-state index in [4.69, 9.17) is 4.74 Å². The van der Waals surface area contributed by atoms with Crippen LogP contribution in [0.1, 0.15) is 45.7 Å². The molecule has 3 nitrogen and oxygen atoms in total. The highest BCUT2D eigenvalue weighted by atomic mass is 16.6. The maximum absolute atomic E-state index is 12.7. The average Bonchev–Trinajstić information content (AvgIpc) is 3.06. The molecule has 1 aromatic rings. The van der Waals surface area contributed by atoms with Crippen LogP contribution in [0.3, 0.4) is 0 Å². The molecule has 1 aliphatic heterocycles. The largest absolute Gasteiger partial charge is 0.459 e. The maximum Gasteiger partial charge on any atom is 0.324 e. The predicted octanol–water partition coefficient (Wildman–Crippen LogP) is 3.72. The lowest BCUT2D eigenvalue weighted by Crippen LogP contribution is -2.47. The number of ether oxygens (including phenoxy) is 1. The predicted molar refractivity (Wildman–Crippen MR) is 87.4 cm³/mol. The molecule has 0 saturated carbocycles. The van der Waals surface area contributed by atoms with Gasteiger partial charge in [-0.3, -0.25) is 9.69 Å². The van der Waals surface area contributed by atoms with E-state index in [0.29, 0.717) is 6.04 Å². The van der Waals surface area contributed by atoms with Crippen molar-refractivity contribution in [1.82, 2.24) is 4.90 Å². The van der Waals surface area contributed by atoms with Gasteiger partial charge in [0.25, 0.3) is 0 Å². The number of carbonyl (C=O) groups is 1. The molecule has 4 atom stereocenters. The van der Waals surface area contributed by atoms with E-state index in [9.17, 15) is 4.79 Å². The molecule has 118 valence electrons. The molecule has 1 fully saturated rings. The Kier molecular flexibility index (Phi) is 3.85. The van der Waals surface area contributed by atoms with E-state index < -0.39 is 5.60 Å². The van der Waals surface area contributed by atoms with Gasteiger partial charge in [0.15, 0.2) is 0 Å². The molecule has 1 saturated heterocycles. The zero-order valence-corrected chi connectivity index (χ0v) is 13.8. The Morgan fingerprint density at radius 3 is 2.55 bits per heavy atom. The third kappa shape index (κ3) is 2.82. The lowest BCUT2D eigenvalue weighted by molar-refractivity contribution is -0.162. The van der Waals surface area contributed by atoms with Crippen LogP contribution in [0.5, 0.6) is 0 Å². The zero-order valence-electron chi connectivity index (χ0n) is 13.8. The van der Waals surface area contributed by atoms with Gasteiger partial charge in [-0.15, -0.1) is 0 Å². The van der Waals surface area contributed by atoms with Crippen LogP contribution in [0.15, 0.2) is 42.5 Å². The quantitative estimate of drug-likeness (QED) is 0.629. The molecule has 2 aliphatic rings. The van der Waals surface area contributed by atoms with E-state index >= 15 is 0 Å². The first-order valence-electron chi connectivity index (χ1n) is 8.10. The van der Waals surface area contributed by atoms with E-state index in [-0.39, 0.29) is 24.0 Å². The zero-order chi connectivity index (χ0) is 15.9. The molecule has 2 bridgehead atoms. The molecule has 1 aliphatic carbocycles. The van der Waals surface area contributed by atoms with Crippen molar-refractivity contribution in [2.45, 2.75) is 57.8 Å². The fourth-order valence-corrected chi connectivity index (χ4v) is 3.68. The molecule has 0 aromatic heterocycles. The number of hydrogen-bond acceptors (Lipinski definition) is 3. The van der Waals surface area contributed by atoms with Crippen molar-refractivity contribution >= 4 is 5.97 Å². The number of hydrogen-bond donors (Lipinski definition) is 0. The molecule has 1 heterocycles. The normalized spacial score (nSPS) is 28.8. The van der Waals surface area contributed by atoms with E-state index in [1.54, 1.807) is 0 Å². The molecule has 0 N–H and O–H groups in total. The van der Waals surface area contributed by atoms with Gasteiger partial charge in [0, 0.05) is 18.0 Å². The summed E-state index contributed by atoms with van der Waals surface area (Å²) in [6.07, 6.45) is 5.46. The van der Waals surface area contributed by atoms with Gasteiger partial charge in [0.2, 0.25) is 0 Å². The van der Waals surface area contributed by atoms with Gasteiger partial charge < -0.3 is 4.74 Å². The van der Waals surface area contributed by atoms with Gasteiger partial charge in [0.1, 0.15) is 11.6 Å². The molecule has 0 spiro atoms. The number of likely N-dealkylation sites (tertiary alicyclic amines) is 1. The second-order valence-corrected chi connectivity index (χ2v) is 7.36. The number of carbonyl (C=O) groups excluding carboxylic acids is 1. The lowest BCUT2D eigenvalue weighted by Gasteiger charge is -2.37. The Morgan fingerprint density at radius 1 is 1.23 bits per heavy atom. The first-order valence-corrected chi connectivity index (χ1v) is 8.10. The molecule has 0 amide bonds. The van der Waals surface area contributed by atoms with Crippen molar-refractivity contribution in [2.75, 3.05) is 0 Å². The molecule has 0 radical (unpaired) electrons. The SMILES string of the molecule is C[C@@H](c1ccccc1)N1[C@H]2C=C[C@H](C2)[C@@H]1C(=O)OC(C)(C)C. The summed E-state index contributed by atoms with van der Waals surface area (Å²) in [6, 6.07) is 10.8. The van der Waals surface area contributed by atoms with Crippen molar-refractivity contribution < 1.29 is 9.53 Å². The second-order valence-electron chi connectivity index (χ2n) is 7.36. The first kappa shape index (κ1) is 15.3. The third-order valence-corrected chi connectivity index (χ3v) is 4.58. The fourth-order valence-electron chi connectivity index (χ4n) is 3.68. The van der Waals surface area contributed by atoms with Crippen LogP contribution < -0.4 is 0 Å². The lowest BCUT2D eigenvalue weighted by atomic mass is 9.99. The van der Waals surface area contributed by atoms with Crippen LogP contribution >= 0.6 is 0 Å². The van der Waals surface area contributed by atoms with Gasteiger partial charge >= 0.3 is 5.97 Å². The summed E-state index contributed by atoms with van der Waals surface area (Å²) in [6.45, 7) is 7.97. The summed E-state index contributed by atoms with van der Waals surface area (Å²) < 4.78 is 5.68. The standard InChI is InChI=1S/C19H25NO2/c1-13(14-8-6-5-7-9-14)20-16-11-10-15(12-16)17(20)18(21)22-19(2,3)4/h5-11,13,15-17H,12H2,1-4H3/t13-,15+,16-,17+/m0/s1. The van der Waals surface area contributed by atoms with Crippen LogP contribution in [-0.4, -0.2) is 28.6 Å². The Bertz CT molecular complexity index is 573. The first-order chi connectivity index (χ1) is 10.4. The molecule has 0 unspecified atom stereocenters. The Hall–Kier alpha value is -1.61. The van der Waals surface area contributed by atoms with Gasteiger partial charge in [-0.1, -0.05) is 42.5 Å². The van der Waals surface area contributed by atoms with Crippen LogP contribution in [0, 0.1) is 5.92 Å². The highest BCUT2D eigenvalue weighted by Gasteiger charge is 2.49. The molecular formula is C19H25NO2. The van der Waals surface area contributed by atoms with E-state index in [2.05, 4.69) is 48.2 Å². The number of benzene rings is 1. The van der Waals surface area contributed by atoms with Gasteiger partial charge in [-0.25, -0.2) is 0 Å². The van der Waals surface area contributed by atoms with E-state index in [1.807, 2.05) is 26.8 Å². The molecule has 3 heteroatoms. The average molecular weight is 299 g/mol. The minimum Gasteiger partial charge on any atom is -0.459 e. The summed E-state index contributed by atoms with van der Waals surface area (Å²) >= 11 is 0.